The lowest BCUT2D eigenvalue weighted by molar-refractivity contribution is -0.116. The van der Waals surface area contributed by atoms with Crippen molar-refractivity contribution in [3.05, 3.63) is 71.8 Å². The van der Waals surface area contributed by atoms with Crippen molar-refractivity contribution in [3.63, 3.8) is 0 Å². The molecule has 0 saturated carbocycles. The molecule has 2 heterocycles. The number of fused-ring (bicyclic) bond motifs is 1. The molecule has 142 valence electrons. The third-order valence-corrected chi connectivity index (χ3v) is 5.02. The van der Waals surface area contributed by atoms with Gasteiger partial charge in [-0.25, -0.2) is 9.18 Å². The molecule has 0 bridgehead atoms. The molecule has 6 nitrogen and oxygen atoms in total. The molecule has 3 aromatic rings. The number of rotatable bonds is 2. The molecule has 1 atom stereocenters. The number of allylic oxidation sites excluding steroid dienone is 1. The molecule has 4 rings (SSSR count). The van der Waals surface area contributed by atoms with Crippen LogP contribution >= 0.6 is 0 Å². The number of nitrogens with one attached hydrogen (secondary N) is 1. The van der Waals surface area contributed by atoms with Gasteiger partial charge in [0.2, 0.25) is 0 Å². The Labute approximate surface area is 161 Å². The fourth-order valence-electron chi connectivity index (χ4n) is 3.39. The number of halogens is 1. The van der Waals surface area contributed by atoms with E-state index in [1.165, 1.54) is 29.3 Å². The van der Waals surface area contributed by atoms with Crippen molar-refractivity contribution in [2.75, 3.05) is 5.32 Å². The van der Waals surface area contributed by atoms with Crippen LogP contribution in [0.15, 0.2) is 54.7 Å². The van der Waals surface area contributed by atoms with Crippen molar-refractivity contribution in [1.29, 1.82) is 0 Å². The van der Waals surface area contributed by atoms with Gasteiger partial charge in [-0.05, 0) is 48.9 Å². The Balaban J connectivity index is 1.60. The molecule has 0 unspecified atom stereocenters. The van der Waals surface area contributed by atoms with E-state index in [-0.39, 0.29) is 24.1 Å². The predicted molar refractivity (Wildman–Crippen MR) is 104 cm³/mol. The molecular weight excluding hydrogens is 359 g/mol. The highest BCUT2D eigenvalue weighted by Gasteiger charge is 2.28. The van der Waals surface area contributed by atoms with Gasteiger partial charge in [0.05, 0.1) is 11.6 Å². The Hall–Kier alpha value is -3.48. The van der Waals surface area contributed by atoms with Gasteiger partial charge >= 0.3 is 6.03 Å². The second-order valence-electron chi connectivity index (χ2n) is 6.83. The van der Waals surface area contributed by atoms with E-state index in [4.69, 9.17) is 0 Å². The SMILES string of the molecule is Cc1c2ccc(NC(=O)N3C=CC(=O)C[C@H]3c3ccc(F)cc3)cc2nn1C. The van der Waals surface area contributed by atoms with E-state index in [0.29, 0.717) is 11.3 Å². The molecule has 2 amide bonds. The summed E-state index contributed by atoms with van der Waals surface area (Å²) in [6.45, 7) is 1.98. The third-order valence-electron chi connectivity index (χ3n) is 5.02. The van der Waals surface area contributed by atoms with Crippen LogP contribution in [-0.2, 0) is 11.8 Å². The van der Waals surface area contributed by atoms with E-state index >= 15 is 0 Å². The van der Waals surface area contributed by atoms with Crippen LogP contribution < -0.4 is 5.32 Å². The smallest absolute Gasteiger partial charge is 0.307 e. The van der Waals surface area contributed by atoms with E-state index in [1.807, 2.05) is 32.2 Å². The first-order valence-corrected chi connectivity index (χ1v) is 8.91. The van der Waals surface area contributed by atoms with Crippen molar-refractivity contribution in [2.45, 2.75) is 19.4 Å². The lowest BCUT2D eigenvalue weighted by atomic mass is 9.97. The van der Waals surface area contributed by atoms with E-state index in [1.54, 1.807) is 16.8 Å². The van der Waals surface area contributed by atoms with Crippen LogP contribution in [0, 0.1) is 12.7 Å². The molecule has 1 aliphatic heterocycles. The van der Waals surface area contributed by atoms with Crippen LogP contribution in [0.25, 0.3) is 10.9 Å². The maximum absolute atomic E-state index is 13.3. The van der Waals surface area contributed by atoms with Gasteiger partial charge < -0.3 is 5.32 Å². The summed E-state index contributed by atoms with van der Waals surface area (Å²) >= 11 is 0. The van der Waals surface area contributed by atoms with E-state index in [0.717, 1.165) is 16.6 Å². The summed E-state index contributed by atoms with van der Waals surface area (Å²) < 4.78 is 15.0. The Morgan fingerprint density at radius 3 is 2.71 bits per heavy atom. The quantitative estimate of drug-likeness (QED) is 0.731. The number of amides is 2. The summed E-state index contributed by atoms with van der Waals surface area (Å²) in [5.74, 6) is -0.444. The van der Waals surface area contributed by atoms with Gasteiger partial charge in [0, 0.05) is 36.4 Å². The largest absolute Gasteiger partial charge is 0.326 e. The third kappa shape index (κ3) is 3.26. The topological polar surface area (TPSA) is 67.2 Å². The lowest BCUT2D eigenvalue weighted by Gasteiger charge is -2.31. The summed E-state index contributed by atoms with van der Waals surface area (Å²) in [4.78, 5) is 26.2. The zero-order valence-electron chi connectivity index (χ0n) is 15.5. The monoisotopic (exact) mass is 378 g/mol. The van der Waals surface area contributed by atoms with Crippen LogP contribution in [0.3, 0.4) is 0 Å². The Kier molecular flexibility index (Phi) is 4.43. The van der Waals surface area contributed by atoms with E-state index in [2.05, 4.69) is 10.4 Å². The molecule has 0 radical (unpaired) electrons. The molecule has 2 aromatic carbocycles. The number of urea groups is 1. The van der Waals surface area contributed by atoms with Gasteiger partial charge in [0.25, 0.3) is 0 Å². The number of aromatic nitrogens is 2. The van der Waals surface area contributed by atoms with Gasteiger partial charge in [0.15, 0.2) is 5.78 Å². The molecule has 1 aliphatic rings. The van der Waals surface area contributed by atoms with Gasteiger partial charge in [-0.15, -0.1) is 0 Å². The Morgan fingerprint density at radius 1 is 1.21 bits per heavy atom. The standard InChI is InChI=1S/C21H19FN4O2/c1-13-18-8-7-16(11-19(18)24-25(13)2)23-21(28)26-10-9-17(27)12-20(26)14-3-5-15(22)6-4-14/h3-11,20H,12H2,1-2H3,(H,23,28)/t20-/m0/s1. The molecule has 0 saturated heterocycles. The van der Waals surface area contributed by atoms with Crippen LogP contribution in [0.5, 0.6) is 0 Å². The highest BCUT2D eigenvalue weighted by Crippen LogP contribution is 2.30. The maximum atomic E-state index is 13.3. The normalized spacial score (nSPS) is 16.6. The van der Waals surface area contributed by atoms with Crippen molar-refractivity contribution in [1.82, 2.24) is 14.7 Å². The average molecular weight is 378 g/mol. The summed E-state index contributed by atoms with van der Waals surface area (Å²) in [6, 6.07) is 10.5. The van der Waals surface area contributed by atoms with Crippen molar-refractivity contribution in [3.8, 4) is 0 Å². The van der Waals surface area contributed by atoms with Gasteiger partial charge in [0.1, 0.15) is 5.82 Å². The van der Waals surface area contributed by atoms with E-state index in [9.17, 15) is 14.0 Å². The minimum Gasteiger partial charge on any atom is -0.307 e. The lowest BCUT2D eigenvalue weighted by Crippen LogP contribution is -2.37. The number of ketones is 1. The fraction of sp³-hybridized carbons (Fsp3) is 0.190. The minimum atomic E-state index is -0.487. The molecule has 7 heteroatoms. The highest BCUT2D eigenvalue weighted by atomic mass is 19.1. The number of nitrogens with zero attached hydrogens (tertiary/aromatic N) is 3. The number of aryl methyl sites for hydroxylation is 2. The summed E-state index contributed by atoms with van der Waals surface area (Å²) in [5, 5.41) is 8.31. The summed E-state index contributed by atoms with van der Waals surface area (Å²) in [5.41, 5.74) is 3.14. The van der Waals surface area contributed by atoms with Crippen molar-refractivity contribution < 1.29 is 14.0 Å². The Morgan fingerprint density at radius 2 is 1.96 bits per heavy atom. The number of benzene rings is 2. The van der Waals surface area contributed by atoms with Gasteiger partial charge in [-0.3, -0.25) is 14.4 Å². The number of anilines is 1. The molecular formula is C21H19FN4O2. The number of carbonyl (C=O) groups is 2. The van der Waals surface area contributed by atoms with Crippen LogP contribution in [0.1, 0.15) is 23.7 Å². The zero-order valence-corrected chi connectivity index (χ0v) is 15.5. The predicted octanol–water partition coefficient (Wildman–Crippen LogP) is 4.08. The van der Waals surface area contributed by atoms with Crippen molar-refractivity contribution >= 4 is 28.4 Å². The molecule has 1 N–H and O–H groups in total. The van der Waals surface area contributed by atoms with Gasteiger partial charge in [-0.1, -0.05) is 12.1 Å². The first kappa shape index (κ1) is 17.9. The molecule has 0 aliphatic carbocycles. The first-order chi connectivity index (χ1) is 13.4. The fourth-order valence-corrected chi connectivity index (χ4v) is 3.39. The Bertz CT molecular complexity index is 1100. The van der Waals surface area contributed by atoms with E-state index < -0.39 is 6.04 Å². The maximum Gasteiger partial charge on any atom is 0.326 e. The summed E-state index contributed by atoms with van der Waals surface area (Å²) in [6.07, 6.45) is 3.00. The molecule has 28 heavy (non-hydrogen) atoms. The molecule has 0 fully saturated rings. The number of hydrogen-bond donors (Lipinski definition) is 1. The zero-order chi connectivity index (χ0) is 19.8. The molecule has 0 spiro atoms. The first-order valence-electron chi connectivity index (χ1n) is 8.91. The van der Waals surface area contributed by atoms with Crippen LogP contribution in [0.2, 0.25) is 0 Å². The van der Waals surface area contributed by atoms with Crippen LogP contribution in [-0.4, -0.2) is 26.5 Å². The average Bonchev–Trinajstić information content (AvgIpc) is 2.95. The second-order valence-corrected chi connectivity index (χ2v) is 6.83. The second kappa shape index (κ2) is 6.92. The van der Waals surface area contributed by atoms with Crippen LogP contribution in [0.4, 0.5) is 14.9 Å². The van der Waals surface area contributed by atoms with Crippen molar-refractivity contribution in [2.24, 2.45) is 7.05 Å². The highest BCUT2D eigenvalue weighted by molar-refractivity contribution is 5.97. The van der Waals surface area contributed by atoms with Gasteiger partial charge in [-0.2, -0.15) is 5.10 Å². The molecule has 1 aromatic heterocycles. The summed E-state index contributed by atoms with van der Waals surface area (Å²) in [7, 11) is 1.87. The number of carbonyl (C=O) groups excluding carboxylic acids is 2. The minimum absolute atomic E-state index is 0.0799. The number of hydrogen-bond acceptors (Lipinski definition) is 3.